The average molecular weight is 572 g/mol. The van der Waals surface area contributed by atoms with Gasteiger partial charge in [-0.3, -0.25) is 14.5 Å². The third-order valence-electron chi connectivity index (χ3n) is 6.16. The number of methoxy groups -OCH3 is 1. The number of aliphatic hydroxyl groups is 1. The molecule has 1 aliphatic rings. The van der Waals surface area contributed by atoms with Gasteiger partial charge in [0.25, 0.3) is 5.78 Å². The summed E-state index contributed by atoms with van der Waals surface area (Å²) < 4.78 is 11.6. The molecule has 1 amide bonds. The molecule has 1 aliphatic heterocycles. The molecular weight excluding hydrogens is 546 g/mol. The van der Waals surface area contributed by atoms with Gasteiger partial charge in [-0.15, -0.1) is 10.2 Å². The molecule has 40 heavy (non-hydrogen) atoms. The van der Waals surface area contributed by atoms with E-state index in [2.05, 4.69) is 16.8 Å². The topological polar surface area (TPSA) is 102 Å². The number of carbonyl (C=O) groups is 2. The minimum atomic E-state index is -0.950. The maximum Gasteiger partial charge on any atom is 0.301 e. The molecule has 0 radical (unpaired) electrons. The maximum absolute atomic E-state index is 13.5. The van der Waals surface area contributed by atoms with Gasteiger partial charge in [0.15, 0.2) is 4.34 Å². The van der Waals surface area contributed by atoms with Crippen LogP contribution >= 0.6 is 23.1 Å². The molecule has 0 bridgehead atoms. The highest BCUT2D eigenvalue weighted by molar-refractivity contribution is 8.00. The van der Waals surface area contributed by atoms with E-state index in [9.17, 15) is 14.7 Å². The van der Waals surface area contributed by atoms with Gasteiger partial charge in [0.05, 0.1) is 18.7 Å². The molecule has 1 N–H and O–H groups in total. The van der Waals surface area contributed by atoms with Gasteiger partial charge >= 0.3 is 5.91 Å². The lowest BCUT2D eigenvalue weighted by Crippen LogP contribution is -2.29. The molecule has 8 nitrogen and oxygen atoms in total. The van der Waals surface area contributed by atoms with Gasteiger partial charge in [-0.05, 0) is 47.5 Å². The van der Waals surface area contributed by atoms with E-state index < -0.39 is 17.7 Å². The van der Waals surface area contributed by atoms with Gasteiger partial charge < -0.3 is 14.6 Å². The first-order chi connectivity index (χ1) is 19.5. The van der Waals surface area contributed by atoms with Crippen molar-refractivity contribution in [3.05, 3.63) is 114 Å². The number of anilines is 1. The zero-order chi connectivity index (χ0) is 28.1. The summed E-state index contributed by atoms with van der Waals surface area (Å²) in [6.45, 7) is 3.96. The molecule has 10 heteroatoms. The Kier molecular flexibility index (Phi) is 8.28. The van der Waals surface area contributed by atoms with E-state index in [1.165, 1.54) is 35.1 Å². The van der Waals surface area contributed by atoms with E-state index in [-0.39, 0.29) is 23.1 Å². The molecule has 4 aromatic rings. The van der Waals surface area contributed by atoms with Crippen LogP contribution in [-0.2, 0) is 15.3 Å². The van der Waals surface area contributed by atoms with Crippen LogP contribution in [0.2, 0.25) is 0 Å². The van der Waals surface area contributed by atoms with Crippen LogP contribution in [0.3, 0.4) is 0 Å². The fourth-order valence-electron chi connectivity index (χ4n) is 4.26. The molecule has 1 fully saturated rings. The van der Waals surface area contributed by atoms with Crippen molar-refractivity contribution in [2.24, 2.45) is 0 Å². The fraction of sp³-hybridized carbons (Fsp3) is 0.133. The lowest BCUT2D eigenvalue weighted by atomic mass is 9.95. The molecule has 0 spiro atoms. The molecular formula is C30H25N3O5S2. The quantitative estimate of drug-likeness (QED) is 0.0615. The number of benzene rings is 3. The largest absolute Gasteiger partial charge is 0.507 e. The Hall–Kier alpha value is -4.41. The maximum atomic E-state index is 13.5. The number of ketones is 1. The zero-order valence-corrected chi connectivity index (χ0v) is 23.2. The number of hydrogen-bond acceptors (Lipinski definition) is 9. The van der Waals surface area contributed by atoms with Crippen LogP contribution in [0.1, 0.15) is 22.7 Å². The van der Waals surface area contributed by atoms with E-state index >= 15 is 0 Å². The summed E-state index contributed by atoms with van der Waals surface area (Å²) in [7, 11) is 1.54. The molecule has 1 unspecified atom stereocenters. The highest BCUT2D eigenvalue weighted by Crippen LogP contribution is 2.44. The number of thioether (sulfide) groups is 1. The average Bonchev–Trinajstić information content (AvgIpc) is 3.57. The van der Waals surface area contributed by atoms with Crippen molar-refractivity contribution < 1.29 is 24.2 Å². The summed E-state index contributed by atoms with van der Waals surface area (Å²) in [6.07, 6.45) is 1.62. The van der Waals surface area contributed by atoms with Crippen LogP contribution in [0.5, 0.6) is 11.5 Å². The number of Topliss-reactive ketones (excluding diaryl/α,β-unsaturated/α-hetero) is 1. The van der Waals surface area contributed by atoms with Crippen LogP contribution < -0.4 is 14.4 Å². The Balaban J connectivity index is 1.56. The number of hydrogen-bond donors (Lipinski definition) is 1. The molecule has 2 heterocycles. The number of nitrogens with zero attached hydrogens (tertiary/aromatic N) is 3. The fourth-order valence-corrected chi connectivity index (χ4v) is 6.08. The Morgan fingerprint density at radius 3 is 2.55 bits per heavy atom. The Labute approximate surface area is 239 Å². The third-order valence-corrected chi connectivity index (χ3v) is 8.28. The van der Waals surface area contributed by atoms with Crippen LogP contribution in [0.25, 0.3) is 5.76 Å². The van der Waals surface area contributed by atoms with Crippen molar-refractivity contribution in [2.75, 3.05) is 18.6 Å². The Morgan fingerprint density at radius 1 is 1.05 bits per heavy atom. The normalized spacial score (nSPS) is 16.2. The van der Waals surface area contributed by atoms with Crippen molar-refractivity contribution in [3.63, 3.8) is 0 Å². The van der Waals surface area contributed by atoms with E-state index in [1.54, 1.807) is 54.6 Å². The lowest BCUT2D eigenvalue weighted by Gasteiger charge is -2.23. The number of rotatable bonds is 10. The number of amides is 1. The Morgan fingerprint density at radius 2 is 1.82 bits per heavy atom. The van der Waals surface area contributed by atoms with E-state index in [0.717, 1.165) is 5.56 Å². The van der Waals surface area contributed by atoms with Crippen LogP contribution in [0.15, 0.2) is 101 Å². The molecule has 1 saturated heterocycles. The van der Waals surface area contributed by atoms with Gasteiger partial charge in [0.2, 0.25) is 5.13 Å². The van der Waals surface area contributed by atoms with E-state index in [1.807, 2.05) is 30.3 Å². The second-order valence-corrected chi connectivity index (χ2v) is 10.9. The summed E-state index contributed by atoms with van der Waals surface area (Å²) in [6, 6.07) is 22.6. The summed E-state index contributed by atoms with van der Waals surface area (Å²) in [4.78, 5) is 28.2. The van der Waals surface area contributed by atoms with Gasteiger partial charge in [-0.1, -0.05) is 78.2 Å². The first-order valence-corrected chi connectivity index (χ1v) is 14.1. The lowest BCUT2D eigenvalue weighted by molar-refractivity contribution is -0.132. The molecule has 0 aliphatic carbocycles. The van der Waals surface area contributed by atoms with Crippen molar-refractivity contribution in [1.82, 2.24) is 10.2 Å². The van der Waals surface area contributed by atoms with Crippen molar-refractivity contribution in [2.45, 2.75) is 16.1 Å². The molecule has 202 valence electrons. The van der Waals surface area contributed by atoms with Gasteiger partial charge in [0.1, 0.15) is 23.9 Å². The minimum Gasteiger partial charge on any atom is -0.507 e. The number of aliphatic hydroxyl groups excluding tert-OH is 1. The summed E-state index contributed by atoms with van der Waals surface area (Å²) in [5, 5.41) is 20.1. The first-order valence-electron chi connectivity index (χ1n) is 12.3. The monoisotopic (exact) mass is 571 g/mol. The summed E-state index contributed by atoms with van der Waals surface area (Å²) in [5.74, 6) is -0.108. The SMILES string of the molecule is C=CCOc1cccc(C2C(=C(O)c3ccc(OC)cc3)C(=O)C(=O)N2c2nnc(SCc3ccccc3)s2)c1. The van der Waals surface area contributed by atoms with Crippen LogP contribution in [-0.4, -0.2) is 40.7 Å². The number of carbonyl (C=O) groups excluding carboxylic acids is 2. The standard InChI is InChI=1S/C30H25N3O5S2/c1-3-16-38-23-11-7-10-21(17-23)25-24(26(34)20-12-14-22(37-2)15-13-20)27(35)28(36)33(25)29-31-32-30(40-29)39-18-19-8-5-4-6-9-19/h3-15,17,25,34H,1,16,18H2,2H3. The highest BCUT2D eigenvalue weighted by atomic mass is 32.2. The molecule has 3 aromatic carbocycles. The minimum absolute atomic E-state index is 0.0512. The zero-order valence-electron chi connectivity index (χ0n) is 21.5. The smallest absolute Gasteiger partial charge is 0.301 e. The van der Waals surface area contributed by atoms with Gasteiger partial charge in [0, 0.05) is 11.3 Å². The second kappa shape index (κ2) is 12.2. The molecule has 1 atom stereocenters. The van der Waals surface area contributed by atoms with Crippen molar-refractivity contribution >= 4 is 45.7 Å². The molecule has 5 rings (SSSR count). The van der Waals surface area contributed by atoms with Crippen molar-refractivity contribution in [3.8, 4) is 11.5 Å². The van der Waals surface area contributed by atoms with E-state index in [4.69, 9.17) is 9.47 Å². The Bertz CT molecular complexity index is 1570. The summed E-state index contributed by atoms with van der Waals surface area (Å²) >= 11 is 2.71. The summed E-state index contributed by atoms with van der Waals surface area (Å²) in [5.41, 5.74) is 2.02. The predicted molar refractivity (Wildman–Crippen MR) is 156 cm³/mol. The van der Waals surface area contributed by atoms with Crippen LogP contribution in [0.4, 0.5) is 5.13 Å². The third kappa shape index (κ3) is 5.63. The first kappa shape index (κ1) is 27.2. The number of aromatic nitrogens is 2. The number of ether oxygens (including phenoxy) is 2. The van der Waals surface area contributed by atoms with Gasteiger partial charge in [-0.2, -0.15) is 0 Å². The molecule has 0 saturated carbocycles. The van der Waals surface area contributed by atoms with Crippen molar-refractivity contribution in [1.29, 1.82) is 0 Å². The predicted octanol–water partition coefficient (Wildman–Crippen LogP) is 6.03. The molecule has 1 aromatic heterocycles. The van der Waals surface area contributed by atoms with Gasteiger partial charge in [-0.25, -0.2) is 0 Å². The highest BCUT2D eigenvalue weighted by Gasteiger charge is 2.48. The van der Waals surface area contributed by atoms with Crippen LogP contribution in [0, 0.1) is 0 Å². The second-order valence-electron chi connectivity index (χ2n) is 8.69. The van der Waals surface area contributed by atoms with E-state index in [0.29, 0.717) is 32.7 Å².